The molecule has 0 amide bonds. The summed E-state index contributed by atoms with van der Waals surface area (Å²) in [5.41, 5.74) is 19.6. The molecule has 15 rings (SSSR count). The molecule has 0 atom stereocenters. The normalized spacial score (nSPS) is 11.6. The topological polar surface area (TPSA) is 0 Å². The van der Waals surface area contributed by atoms with Crippen LogP contribution in [0.25, 0.3) is 154 Å². The van der Waals surface area contributed by atoms with Crippen LogP contribution in [0.3, 0.4) is 0 Å². The van der Waals surface area contributed by atoms with Crippen molar-refractivity contribution in [1.82, 2.24) is 0 Å². The van der Waals surface area contributed by atoms with Gasteiger partial charge in [-0.05, 0) is 166 Å². The molecule has 0 saturated heterocycles. The molecule has 0 aromatic heterocycles. The van der Waals surface area contributed by atoms with Crippen molar-refractivity contribution in [3.8, 4) is 89.0 Å². The lowest BCUT2D eigenvalue weighted by Crippen LogP contribution is -1.93. The summed E-state index contributed by atoms with van der Waals surface area (Å²) in [4.78, 5) is 0. The molecule has 0 heterocycles. The Hall–Kier alpha value is -10.1. The summed E-state index contributed by atoms with van der Waals surface area (Å²) < 4.78 is 0. The lowest BCUT2D eigenvalue weighted by atomic mass is 9.83. The van der Waals surface area contributed by atoms with E-state index in [2.05, 4.69) is 303 Å². The van der Waals surface area contributed by atoms with E-state index in [1.54, 1.807) is 0 Å². The Labute approximate surface area is 454 Å². The fourth-order valence-corrected chi connectivity index (χ4v) is 12.8. The smallest absolute Gasteiger partial charge is 0.00262 e. The Morgan fingerprint density at radius 2 is 0.372 bits per heavy atom. The second-order valence-electron chi connectivity index (χ2n) is 20.6. The first kappa shape index (κ1) is 45.3. The molecule has 362 valence electrons. The van der Waals surface area contributed by atoms with Crippen LogP contribution < -0.4 is 0 Å². The standard InChI is InChI=1S/C78H50/c1-3-23-53(24-4-1)73-61-31-9-7-21-51(61)45-47-63(73)57-27-19-29-59(49-57)77-69-37-15-11-33-65(69)75(66-34-12-16-38-70(66)77)55-41-43-56(44-42-55)76-67-35-13-17-39-71(67)78(72-40-18-14-36-68(72)76)60-30-20-28-58(50-60)64-48-46-52-22-8-10-32-62(52)74(64)54-25-5-2-6-26-54/h1-50H. The maximum atomic E-state index is 2.41. The Morgan fingerprint density at radius 1 is 0.128 bits per heavy atom. The number of hydrogen-bond donors (Lipinski definition) is 0. The molecule has 0 bridgehead atoms. The van der Waals surface area contributed by atoms with Gasteiger partial charge in [0, 0.05) is 0 Å². The van der Waals surface area contributed by atoms with E-state index in [1.165, 1.54) is 154 Å². The molecule has 15 aromatic rings. The Balaban J connectivity index is 0.858. The van der Waals surface area contributed by atoms with Crippen LogP contribution in [0.1, 0.15) is 0 Å². The van der Waals surface area contributed by atoms with E-state index in [-0.39, 0.29) is 0 Å². The summed E-state index contributed by atoms with van der Waals surface area (Å²) in [6, 6.07) is 112. The number of hydrogen-bond acceptors (Lipinski definition) is 0. The Bertz CT molecular complexity index is 4390. The second kappa shape index (κ2) is 18.9. The van der Waals surface area contributed by atoms with Gasteiger partial charge in [0.25, 0.3) is 0 Å². The van der Waals surface area contributed by atoms with Crippen LogP contribution in [0.5, 0.6) is 0 Å². The molecule has 15 aromatic carbocycles. The van der Waals surface area contributed by atoms with Crippen LogP contribution in [0.15, 0.2) is 303 Å². The van der Waals surface area contributed by atoms with Crippen molar-refractivity contribution in [2.75, 3.05) is 0 Å². The lowest BCUT2D eigenvalue weighted by molar-refractivity contribution is 1.60. The first-order chi connectivity index (χ1) is 38.7. The SMILES string of the molecule is c1ccc(-c2c(-c3cccc(-c4c5ccccc5c(-c5ccc(-c6c7ccccc7c(-c7cccc(-c8ccc9ccccc9c8-c8ccccc8)c7)c7ccccc67)cc5)c5ccccc45)c3)ccc3ccccc23)cc1. The van der Waals surface area contributed by atoms with E-state index >= 15 is 0 Å². The minimum atomic E-state index is 1.20. The van der Waals surface area contributed by atoms with Gasteiger partial charge in [0.15, 0.2) is 0 Å². The summed E-state index contributed by atoms with van der Waals surface area (Å²) in [7, 11) is 0. The van der Waals surface area contributed by atoms with Gasteiger partial charge in [0.2, 0.25) is 0 Å². The molecule has 0 fully saturated rings. The molecule has 0 N–H and O–H groups in total. The summed E-state index contributed by atoms with van der Waals surface area (Å²) in [5.74, 6) is 0. The van der Waals surface area contributed by atoms with Crippen LogP contribution in [0.4, 0.5) is 0 Å². The van der Waals surface area contributed by atoms with Gasteiger partial charge in [0.05, 0.1) is 0 Å². The zero-order valence-electron chi connectivity index (χ0n) is 42.9. The third-order valence-corrected chi connectivity index (χ3v) is 16.2. The van der Waals surface area contributed by atoms with Gasteiger partial charge in [-0.25, -0.2) is 0 Å². The van der Waals surface area contributed by atoms with E-state index in [0.29, 0.717) is 0 Å². The van der Waals surface area contributed by atoms with Crippen molar-refractivity contribution in [1.29, 1.82) is 0 Å². The highest BCUT2D eigenvalue weighted by molar-refractivity contribution is 6.24. The van der Waals surface area contributed by atoms with Gasteiger partial charge in [-0.3, -0.25) is 0 Å². The fraction of sp³-hybridized carbons (Fsp3) is 0. The van der Waals surface area contributed by atoms with Crippen molar-refractivity contribution in [3.05, 3.63) is 303 Å². The summed E-state index contributed by atoms with van der Waals surface area (Å²) in [6.45, 7) is 0. The van der Waals surface area contributed by atoms with Gasteiger partial charge < -0.3 is 0 Å². The zero-order valence-corrected chi connectivity index (χ0v) is 42.9. The predicted molar refractivity (Wildman–Crippen MR) is 335 cm³/mol. The molecule has 0 aliphatic heterocycles. The minimum Gasteiger partial charge on any atom is -0.0622 e. The summed E-state index contributed by atoms with van der Waals surface area (Å²) in [5, 5.41) is 14.9. The molecule has 0 aliphatic rings. The summed E-state index contributed by atoms with van der Waals surface area (Å²) in [6.07, 6.45) is 0. The third-order valence-electron chi connectivity index (χ3n) is 16.2. The van der Waals surface area contributed by atoms with Gasteiger partial charge in [-0.2, -0.15) is 0 Å². The fourth-order valence-electron chi connectivity index (χ4n) is 12.8. The molecule has 0 saturated carbocycles. The average molecular weight is 987 g/mol. The molecular weight excluding hydrogens is 937 g/mol. The largest absolute Gasteiger partial charge is 0.0622 e. The Kier molecular flexibility index (Phi) is 11.0. The van der Waals surface area contributed by atoms with E-state index in [1.807, 2.05) is 0 Å². The third kappa shape index (κ3) is 7.53. The van der Waals surface area contributed by atoms with E-state index < -0.39 is 0 Å². The maximum absolute atomic E-state index is 2.41. The van der Waals surface area contributed by atoms with Crippen LogP contribution in [0.2, 0.25) is 0 Å². The number of benzene rings is 15. The quantitative estimate of drug-likeness (QED) is 0.133. The molecule has 0 nitrogen and oxygen atoms in total. The molecule has 0 radical (unpaired) electrons. The van der Waals surface area contributed by atoms with E-state index in [9.17, 15) is 0 Å². The van der Waals surface area contributed by atoms with Crippen LogP contribution >= 0.6 is 0 Å². The van der Waals surface area contributed by atoms with Crippen LogP contribution in [-0.4, -0.2) is 0 Å². The summed E-state index contributed by atoms with van der Waals surface area (Å²) >= 11 is 0. The highest BCUT2D eigenvalue weighted by Crippen LogP contribution is 2.49. The maximum Gasteiger partial charge on any atom is -0.00262 e. The highest BCUT2D eigenvalue weighted by atomic mass is 14.2. The monoisotopic (exact) mass is 986 g/mol. The lowest BCUT2D eigenvalue weighted by Gasteiger charge is -2.20. The second-order valence-corrected chi connectivity index (χ2v) is 20.6. The molecule has 0 aliphatic carbocycles. The van der Waals surface area contributed by atoms with Gasteiger partial charge in [0.1, 0.15) is 0 Å². The number of fused-ring (bicyclic) bond motifs is 6. The van der Waals surface area contributed by atoms with Crippen molar-refractivity contribution in [2.45, 2.75) is 0 Å². The van der Waals surface area contributed by atoms with Gasteiger partial charge in [-0.15, -0.1) is 0 Å². The van der Waals surface area contributed by atoms with Crippen molar-refractivity contribution < 1.29 is 0 Å². The first-order valence-electron chi connectivity index (χ1n) is 27.1. The molecule has 78 heavy (non-hydrogen) atoms. The van der Waals surface area contributed by atoms with Crippen molar-refractivity contribution >= 4 is 64.6 Å². The average Bonchev–Trinajstić information content (AvgIpc) is 3.67. The van der Waals surface area contributed by atoms with Gasteiger partial charge in [-0.1, -0.05) is 291 Å². The predicted octanol–water partition coefficient (Wildman–Crippen LogP) is 21.9. The molecule has 0 spiro atoms. The van der Waals surface area contributed by atoms with Crippen molar-refractivity contribution in [2.24, 2.45) is 0 Å². The van der Waals surface area contributed by atoms with Crippen molar-refractivity contribution in [3.63, 3.8) is 0 Å². The highest BCUT2D eigenvalue weighted by Gasteiger charge is 2.21. The molecule has 0 unspecified atom stereocenters. The van der Waals surface area contributed by atoms with Gasteiger partial charge >= 0.3 is 0 Å². The molecular formula is C78H50. The number of rotatable bonds is 8. The van der Waals surface area contributed by atoms with E-state index in [0.717, 1.165) is 0 Å². The molecule has 0 heteroatoms. The van der Waals surface area contributed by atoms with Crippen LogP contribution in [0, 0.1) is 0 Å². The first-order valence-corrected chi connectivity index (χ1v) is 27.1. The van der Waals surface area contributed by atoms with E-state index in [4.69, 9.17) is 0 Å². The zero-order chi connectivity index (χ0) is 51.5. The Morgan fingerprint density at radius 3 is 0.705 bits per heavy atom. The minimum absolute atomic E-state index is 1.20. The van der Waals surface area contributed by atoms with Crippen LogP contribution in [-0.2, 0) is 0 Å².